The Hall–Kier alpha value is -2.24. The largest absolute Gasteiger partial charge is 0.466 e. The Labute approximate surface area is 110 Å². The first-order valence-electron chi connectivity index (χ1n) is 6.03. The maximum Gasteiger partial charge on any atom is 0.313 e. The van der Waals surface area contributed by atoms with Gasteiger partial charge in [0, 0.05) is 0 Å². The summed E-state index contributed by atoms with van der Waals surface area (Å²) in [6.07, 6.45) is 1.45. The maximum atomic E-state index is 11.9. The number of nitrogens with zero attached hydrogens (tertiary/aromatic N) is 3. The lowest BCUT2D eigenvalue weighted by atomic mass is 10.2. The van der Waals surface area contributed by atoms with Crippen LogP contribution in [0.5, 0.6) is 0 Å². The Bertz CT molecular complexity index is 646. The maximum absolute atomic E-state index is 11.9. The first kappa shape index (κ1) is 13.2. The summed E-state index contributed by atoms with van der Waals surface area (Å²) in [5.41, 5.74) is 2.63. The van der Waals surface area contributed by atoms with E-state index in [2.05, 4.69) is 10.1 Å². The van der Waals surface area contributed by atoms with Crippen LogP contribution in [0.2, 0.25) is 0 Å². The third kappa shape index (κ3) is 2.78. The number of carbonyl (C=O) groups is 2. The summed E-state index contributed by atoms with van der Waals surface area (Å²) in [6, 6.07) is 1.64. The number of ether oxygens (including phenoxy) is 1. The molecule has 0 spiro atoms. The predicted octanol–water partition coefficient (Wildman–Crippen LogP) is 1.48. The topological polar surface area (TPSA) is 73.6 Å². The van der Waals surface area contributed by atoms with Gasteiger partial charge in [-0.1, -0.05) is 0 Å². The fourth-order valence-corrected chi connectivity index (χ4v) is 1.86. The highest BCUT2D eigenvalue weighted by Crippen LogP contribution is 2.12. The van der Waals surface area contributed by atoms with E-state index in [-0.39, 0.29) is 24.5 Å². The molecule has 2 aromatic heterocycles. The smallest absolute Gasteiger partial charge is 0.313 e. The van der Waals surface area contributed by atoms with Crippen LogP contribution in [0.4, 0.5) is 0 Å². The molecule has 6 nitrogen and oxygen atoms in total. The number of fused-ring (bicyclic) bond motifs is 1. The van der Waals surface area contributed by atoms with Crippen LogP contribution >= 0.6 is 0 Å². The summed E-state index contributed by atoms with van der Waals surface area (Å²) < 4.78 is 6.35. The highest BCUT2D eigenvalue weighted by molar-refractivity contribution is 6.05. The third-order valence-corrected chi connectivity index (χ3v) is 2.66. The molecule has 0 bridgehead atoms. The fourth-order valence-electron chi connectivity index (χ4n) is 1.86. The lowest BCUT2D eigenvalue weighted by Crippen LogP contribution is -2.11. The van der Waals surface area contributed by atoms with E-state index in [1.54, 1.807) is 23.7 Å². The zero-order valence-electron chi connectivity index (χ0n) is 11.1. The van der Waals surface area contributed by atoms with Gasteiger partial charge in [0.15, 0.2) is 5.78 Å². The quantitative estimate of drug-likeness (QED) is 0.473. The molecule has 0 radical (unpaired) electrons. The molecule has 0 N–H and O–H groups in total. The van der Waals surface area contributed by atoms with Crippen molar-refractivity contribution < 1.29 is 14.3 Å². The van der Waals surface area contributed by atoms with Crippen molar-refractivity contribution in [3.63, 3.8) is 0 Å². The molecule has 0 aliphatic carbocycles. The van der Waals surface area contributed by atoms with E-state index in [9.17, 15) is 9.59 Å². The Kier molecular flexibility index (Phi) is 3.59. The fraction of sp³-hybridized carbons (Fsp3) is 0.385. The van der Waals surface area contributed by atoms with Crippen molar-refractivity contribution in [1.29, 1.82) is 0 Å². The lowest BCUT2D eigenvalue weighted by molar-refractivity contribution is -0.141. The number of hydrogen-bond acceptors (Lipinski definition) is 5. The van der Waals surface area contributed by atoms with Gasteiger partial charge in [0.25, 0.3) is 0 Å². The number of carbonyl (C=O) groups excluding carboxylic acids is 2. The minimum atomic E-state index is -0.532. The SMILES string of the molecule is CCOC(=O)CC(=O)c1cc2c(C)nc(C)cn2n1. The van der Waals surface area contributed by atoms with E-state index in [4.69, 9.17) is 4.74 Å². The van der Waals surface area contributed by atoms with Crippen LogP contribution < -0.4 is 0 Å². The van der Waals surface area contributed by atoms with Crippen LogP contribution in [-0.4, -0.2) is 33.0 Å². The molecule has 6 heteroatoms. The van der Waals surface area contributed by atoms with Crippen molar-refractivity contribution in [2.75, 3.05) is 6.61 Å². The summed E-state index contributed by atoms with van der Waals surface area (Å²) >= 11 is 0. The number of ketones is 1. The van der Waals surface area contributed by atoms with Gasteiger partial charge in [-0.3, -0.25) is 14.6 Å². The molecule has 2 rings (SSSR count). The van der Waals surface area contributed by atoms with Crippen molar-refractivity contribution in [3.05, 3.63) is 29.3 Å². The second kappa shape index (κ2) is 5.17. The summed E-state index contributed by atoms with van der Waals surface area (Å²) in [5, 5.41) is 4.17. The average Bonchev–Trinajstić information content (AvgIpc) is 2.73. The second-order valence-electron chi connectivity index (χ2n) is 4.23. The second-order valence-corrected chi connectivity index (χ2v) is 4.23. The number of hydrogen-bond donors (Lipinski definition) is 0. The first-order valence-corrected chi connectivity index (χ1v) is 6.03. The zero-order valence-corrected chi connectivity index (χ0v) is 11.1. The van der Waals surface area contributed by atoms with Gasteiger partial charge in [-0.05, 0) is 26.8 Å². The Morgan fingerprint density at radius 2 is 2.11 bits per heavy atom. The van der Waals surface area contributed by atoms with Gasteiger partial charge >= 0.3 is 5.97 Å². The molecule has 0 unspecified atom stereocenters. The van der Waals surface area contributed by atoms with Gasteiger partial charge in [-0.25, -0.2) is 4.52 Å². The van der Waals surface area contributed by atoms with Crippen molar-refractivity contribution in [2.24, 2.45) is 0 Å². The van der Waals surface area contributed by atoms with E-state index in [0.717, 1.165) is 16.9 Å². The van der Waals surface area contributed by atoms with Crippen LogP contribution in [0.3, 0.4) is 0 Å². The number of rotatable bonds is 4. The third-order valence-electron chi connectivity index (χ3n) is 2.66. The van der Waals surface area contributed by atoms with Gasteiger partial charge < -0.3 is 4.74 Å². The van der Waals surface area contributed by atoms with Gasteiger partial charge in [-0.15, -0.1) is 0 Å². The molecule has 0 aliphatic rings. The van der Waals surface area contributed by atoms with Crippen LogP contribution in [0.15, 0.2) is 12.3 Å². The molecule has 2 heterocycles. The summed E-state index contributed by atoms with van der Waals surface area (Å²) in [6.45, 7) is 5.67. The molecule has 100 valence electrons. The average molecular weight is 261 g/mol. The number of Topliss-reactive ketones (excluding diaryl/α,β-unsaturated/α-hetero) is 1. The minimum Gasteiger partial charge on any atom is -0.466 e. The van der Waals surface area contributed by atoms with Gasteiger partial charge in [0.2, 0.25) is 0 Å². The van der Waals surface area contributed by atoms with Crippen LogP contribution in [0.1, 0.15) is 35.2 Å². The molecule has 0 saturated heterocycles. The monoisotopic (exact) mass is 261 g/mol. The lowest BCUT2D eigenvalue weighted by Gasteiger charge is -1.98. The highest BCUT2D eigenvalue weighted by Gasteiger charge is 2.17. The van der Waals surface area contributed by atoms with Gasteiger partial charge in [0.05, 0.1) is 29.7 Å². The van der Waals surface area contributed by atoms with Gasteiger partial charge in [0.1, 0.15) is 12.1 Å². The molecule has 0 saturated carbocycles. The standard InChI is InChI=1S/C13H15N3O3/c1-4-19-13(18)6-12(17)10-5-11-9(3)14-8(2)7-16(11)15-10/h5,7H,4,6H2,1-3H3. The summed E-state index contributed by atoms with van der Waals surface area (Å²) in [4.78, 5) is 27.5. The van der Waals surface area contributed by atoms with Gasteiger partial charge in [-0.2, -0.15) is 5.10 Å². The molecular weight excluding hydrogens is 246 g/mol. The van der Waals surface area contributed by atoms with Crippen molar-refractivity contribution in [2.45, 2.75) is 27.2 Å². The Morgan fingerprint density at radius 3 is 2.79 bits per heavy atom. The van der Waals surface area contributed by atoms with Crippen molar-refractivity contribution >= 4 is 17.3 Å². The molecule has 0 fully saturated rings. The highest BCUT2D eigenvalue weighted by atomic mass is 16.5. The Balaban J connectivity index is 2.28. The first-order chi connectivity index (χ1) is 9.01. The van der Waals surface area contributed by atoms with E-state index in [1.807, 2.05) is 13.8 Å². The molecule has 0 atom stereocenters. The Morgan fingerprint density at radius 1 is 1.37 bits per heavy atom. The summed E-state index contributed by atoms with van der Waals surface area (Å²) in [7, 11) is 0. The van der Waals surface area contributed by atoms with Crippen LogP contribution in [-0.2, 0) is 9.53 Å². The van der Waals surface area contributed by atoms with Crippen molar-refractivity contribution in [3.8, 4) is 0 Å². The molecule has 0 aliphatic heterocycles. The minimum absolute atomic E-state index is 0.253. The molecular formula is C13H15N3O3. The van der Waals surface area contributed by atoms with Crippen molar-refractivity contribution in [1.82, 2.24) is 14.6 Å². The summed E-state index contributed by atoms with van der Waals surface area (Å²) in [5.74, 6) is -0.880. The van der Waals surface area contributed by atoms with E-state index in [0.29, 0.717) is 0 Å². The normalized spacial score (nSPS) is 10.7. The molecule has 2 aromatic rings. The van der Waals surface area contributed by atoms with E-state index < -0.39 is 5.97 Å². The van der Waals surface area contributed by atoms with E-state index >= 15 is 0 Å². The molecule has 0 amide bonds. The van der Waals surface area contributed by atoms with Crippen LogP contribution in [0, 0.1) is 13.8 Å². The molecule has 0 aromatic carbocycles. The predicted molar refractivity (Wildman–Crippen MR) is 68.0 cm³/mol. The molecule has 19 heavy (non-hydrogen) atoms. The number of esters is 1. The number of aromatic nitrogens is 3. The zero-order chi connectivity index (χ0) is 14.0. The van der Waals surface area contributed by atoms with Crippen LogP contribution in [0.25, 0.3) is 5.52 Å². The number of aryl methyl sites for hydroxylation is 2. The van der Waals surface area contributed by atoms with E-state index in [1.165, 1.54) is 0 Å².